The van der Waals surface area contributed by atoms with E-state index in [4.69, 9.17) is 16.3 Å². The number of hydrogen-bond acceptors (Lipinski definition) is 4. The number of ether oxygens (including phenoxy) is 1. The van der Waals surface area contributed by atoms with Crippen molar-refractivity contribution in [1.29, 1.82) is 0 Å². The second-order valence-electron chi connectivity index (χ2n) is 8.49. The number of nitrogens with one attached hydrogen (secondary N) is 1. The number of para-hydroxylation sites is 1. The lowest BCUT2D eigenvalue weighted by Crippen LogP contribution is -2.51. The molecule has 1 aromatic heterocycles. The van der Waals surface area contributed by atoms with Crippen molar-refractivity contribution in [2.45, 2.75) is 45.5 Å². The third-order valence-electron chi connectivity index (χ3n) is 6.27. The average Bonchev–Trinajstić information content (AvgIpc) is 3.42. The fraction of sp³-hybridized carbons (Fsp3) is 0.346. The lowest BCUT2D eigenvalue weighted by atomic mass is 10.1. The molecule has 2 heterocycles. The molecule has 2 aromatic carbocycles. The first-order valence-electron chi connectivity index (χ1n) is 11.5. The van der Waals surface area contributed by atoms with Crippen LogP contribution in [0.5, 0.6) is 0 Å². The van der Waals surface area contributed by atoms with Crippen molar-refractivity contribution >= 4 is 40.1 Å². The predicted molar refractivity (Wildman–Crippen MR) is 131 cm³/mol. The van der Waals surface area contributed by atoms with Crippen molar-refractivity contribution in [1.82, 2.24) is 14.8 Å². The second kappa shape index (κ2) is 10.6. The lowest BCUT2D eigenvalue weighted by molar-refractivity contribution is -0.142. The van der Waals surface area contributed by atoms with Crippen LogP contribution in [-0.4, -0.2) is 52.4 Å². The highest BCUT2D eigenvalue weighted by Gasteiger charge is 2.42. The SMILES string of the molecule is CCO[C@@H]1CCN(C(=O)Cn2cc(C(C)=O)c3ccccc32)[C@@H]1C(=O)NCc1cccc(Cl)c1F. The Kier molecular flexibility index (Phi) is 7.52. The standard InChI is InChI=1S/C26H27ClFN3O4/c1-3-35-22-11-12-31(25(22)26(34)29-13-17-7-6-9-20(27)24(17)28)23(33)15-30-14-19(16(2)32)18-8-4-5-10-21(18)30/h4-10,14,22,25H,3,11-13,15H2,1-2H3,(H,29,34)/t22-,25+/m1/s1. The number of benzene rings is 2. The van der Waals surface area contributed by atoms with Crippen molar-refractivity contribution in [2.24, 2.45) is 0 Å². The predicted octanol–water partition coefficient (Wildman–Crippen LogP) is 3.96. The molecular formula is C26H27ClFN3O4. The number of carbonyl (C=O) groups is 3. The summed E-state index contributed by atoms with van der Waals surface area (Å²) in [4.78, 5) is 40.2. The van der Waals surface area contributed by atoms with Crippen LogP contribution < -0.4 is 5.32 Å². The quantitative estimate of drug-likeness (QED) is 0.476. The molecule has 0 bridgehead atoms. The first-order chi connectivity index (χ1) is 16.8. The third kappa shape index (κ3) is 5.09. The molecule has 35 heavy (non-hydrogen) atoms. The molecule has 1 aliphatic heterocycles. The van der Waals surface area contributed by atoms with Gasteiger partial charge in [-0.2, -0.15) is 0 Å². The highest BCUT2D eigenvalue weighted by atomic mass is 35.5. The minimum Gasteiger partial charge on any atom is -0.376 e. The number of hydrogen-bond donors (Lipinski definition) is 1. The summed E-state index contributed by atoms with van der Waals surface area (Å²) < 4.78 is 21.8. The van der Waals surface area contributed by atoms with Gasteiger partial charge in [0.1, 0.15) is 18.4 Å². The van der Waals surface area contributed by atoms with Crippen LogP contribution in [0.2, 0.25) is 5.02 Å². The van der Waals surface area contributed by atoms with E-state index in [9.17, 15) is 18.8 Å². The number of Topliss-reactive ketones (excluding diaryl/α,β-unsaturated/α-hetero) is 1. The molecule has 0 spiro atoms. The molecule has 2 amide bonds. The Morgan fingerprint density at radius 3 is 2.69 bits per heavy atom. The van der Waals surface area contributed by atoms with Crippen LogP contribution in [0.3, 0.4) is 0 Å². The zero-order chi connectivity index (χ0) is 25.1. The van der Waals surface area contributed by atoms with Gasteiger partial charge < -0.3 is 19.5 Å². The zero-order valence-corrected chi connectivity index (χ0v) is 20.3. The number of carbonyl (C=O) groups excluding carboxylic acids is 3. The van der Waals surface area contributed by atoms with E-state index in [1.165, 1.54) is 17.9 Å². The smallest absolute Gasteiger partial charge is 0.245 e. The molecule has 2 atom stereocenters. The van der Waals surface area contributed by atoms with Gasteiger partial charge in [0.05, 0.1) is 11.1 Å². The van der Waals surface area contributed by atoms with E-state index in [1.54, 1.807) is 22.9 Å². The molecule has 0 radical (unpaired) electrons. The summed E-state index contributed by atoms with van der Waals surface area (Å²) in [6.07, 6.45) is 1.72. The molecule has 0 unspecified atom stereocenters. The maximum Gasteiger partial charge on any atom is 0.245 e. The molecule has 9 heteroatoms. The number of likely N-dealkylation sites (tertiary alicyclic amines) is 1. The molecule has 4 rings (SSSR count). The number of ketones is 1. The van der Waals surface area contributed by atoms with Crippen molar-refractivity contribution in [3.05, 3.63) is 70.6 Å². The Morgan fingerprint density at radius 1 is 1.17 bits per heavy atom. The van der Waals surface area contributed by atoms with Gasteiger partial charge in [0, 0.05) is 47.9 Å². The summed E-state index contributed by atoms with van der Waals surface area (Å²) in [6.45, 7) is 3.97. The normalized spacial score (nSPS) is 17.7. The highest BCUT2D eigenvalue weighted by Crippen LogP contribution is 2.25. The molecule has 3 aromatic rings. The molecule has 1 fully saturated rings. The molecule has 0 saturated carbocycles. The van der Waals surface area contributed by atoms with Crippen molar-refractivity contribution in [2.75, 3.05) is 13.2 Å². The van der Waals surface area contributed by atoms with E-state index in [0.717, 1.165) is 10.9 Å². The Balaban J connectivity index is 1.54. The fourth-order valence-corrected chi connectivity index (χ4v) is 4.80. The number of rotatable bonds is 8. The minimum atomic E-state index is -0.848. The molecule has 1 N–H and O–H groups in total. The van der Waals surface area contributed by atoms with Gasteiger partial charge in [0.15, 0.2) is 5.78 Å². The van der Waals surface area contributed by atoms with Crippen LogP contribution >= 0.6 is 11.6 Å². The van der Waals surface area contributed by atoms with Crippen LogP contribution in [0.1, 0.15) is 36.2 Å². The van der Waals surface area contributed by atoms with Gasteiger partial charge in [0.2, 0.25) is 11.8 Å². The van der Waals surface area contributed by atoms with E-state index in [0.29, 0.717) is 25.1 Å². The molecule has 1 aliphatic rings. The van der Waals surface area contributed by atoms with Gasteiger partial charge in [-0.15, -0.1) is 0 Å². The second-order valence-corrected chi connectivity index (χ2v) is 8.90. The number of halogens is 2. The first kappa shape index (κ1) is 24.9. The van der Waals surface area contributed by atoms with Crippen LogP contribution in [0, 0.1) is 5.82 Å². The van der Waals surface area contributed by atoms with Crippen molar-refractivity contribution < 1.29 is 23.5 Å². The van der Waals surface area contributed by atoms with Gasteiger partial charge >= 0.3 is 0 Å². The zero-order valence-electron chi connectivity index (χ0n) is 19.6. The molecule has 184 valence electrons. The van der Waals surface area contributed by atoms with E-state index in [-0.39, 0.29) is 35.4 Å². The van der Waals surface area contributed by atoms with Crippen LogP contribution in [0.25, 0.3) is 10.9 Å². The average molecular weight is 500 g/mol. The van der Waals surface area contributed by atoms with Crippen molar-refractivity contribution in [3.63, 3.8) is 0 Å². The van der Waals surface area contributed by atoms with E-state index in [2.05, 4.69) is 5.32 Å². The monoisotopic (exact) mass is 499 g/mol. The third-order valence-corrected chi connectivity index (χ3v) is 6.56. The number of nitrogens with zero attached hydrogens (tertiary/aromatic N) is 2. The van der Waals surface area contributed by atoms with Gasteiger partial charge in [-0.25, -0.2) is 4.39 Å². The Hall–Kier alpha value is -3.23. The Bertz CT molecular complexity index is 1270. The largest absolute Gasteiger partial charge is 0.376 e. The summed E-state index contributed by atoms with van der Waals surface area (Å²) in [5.74, 6) is -1.36. The van der Waals surface area contributed by atoms with Crippen LogP contribution in [-0.2, 0) is 27.4 Å². The molecule has 0 aliphatic carbocycles. The van der Waals surface area contributed by atoms with Crippen LogP contribution in [0.4, 0.5) is 4.39 Å². The molecule has 1 saturated heterocycles. The summed E-state index contributed by atoms with van der Waals surface area (Å²) in [5, 5.41) is 3.49. The number of aromatic nitrogens is 1. The van der Waals surface area contributed by atoms with Gasteiger partial charge in [-0.3, -0.25) is 14.4 Å². The maximum atomic E-state index is 14.3. The van der Waals surface area contributed by atoms with Crippen molar-refractivity contribution in [3.8, 4) is 0 Å². The summed E-state index contributed by atoms with van der Waals surface area (Å²) in [5.41, 5.74) is 1.56. The fourth-order valence-electron chi connectivity index (χ4n) is 4.61. The van der Waals surface area contributed by atoms with E-state index >= 15 is 0 Å². The van der Waals surface area contributed by atoms with E-state index < -0.39 is 23.9 Å². The number of fused-ring (bicyclic) bond motifs is 1. The van der Waals surface area contributed by atoms with Gasteiger partial charge in [0.25, 0.3) is 0 Å². The minimum absolute atomic E-state index is 0.0227. The highest BCUT2D eigenvalue weighted by molar-refractivity contribution is 6.30. The van der Waals surface area contributed by atoms with E-state index in [1.807, 2.05) is 31.2 Å². The maximum absolute atomic E-state index is 14.3. The van der Waals surface area contributed by atoms with Gasteiger partial charge in [-0.05, 0) is 32.4 Å². The van der Waals surface area contributed by atoms with Gasteiger partial charge in [-0.1, -0.05) is 41.9 Å². The Morgan fingerprint density at radius 2 is 1.94 bits per heavy atom. The summed E-state index contributed by atoms with van der Waals surface area (Å²) in [7, 11) is 0. The number of amides is 2. The summed E-state index contributed by atoms with van der Waals surface area (Å²) >= 11 is 5.84. The lowest BCUT2D eigenvalue weighted by Gasteiger charge is -2.27. The Labute approximate surface area is 207 Å². The first-order valence-corrected chi connectivity index (χ1v) is 11.9. The van der Waals surface area contributed by atoms with Crippen LogP contribution in [0.15, 0.2) is 48.7 Å². The molecule has 7 nitrogen and oxygen atoms in total. The molecular weight excluding hydrogens is 473 g/mol. The topological polar surface area (TPSA) is 80.6 Å². The summed E-state index contributed by atoms with van der Waals surface area (Å²) in [6, 6.07) is 11.1.